The summed E-state index contributed by atoms with van der Waals surface area (Å²) in [6, 6.07) is 7.84. The Hall–Kier alpha value is -2.81. The van der Waals surface area contributed by atoms with E-state index in [1.807, 2.05) is 38.5 Å². The van der Waals surface area contributed by atoms with Gasteiger partial charge in [-0.05, 0) is 62.9 Å². The molecule has 8 nitrogen and oxygen atoms in total. The summed E-state index contributed by atoms with van der Waals surface area (Å²) in [5.74, 6) is 2.60. The van der Waals surface area contributed by atoms with Gasteiger partial charge in [0.2, 0.25) is 0 Å². The highest BCUT2D eigenvalue weighted by molar-refractivity contribution is 6.35. The van der Waals surface area contributed by atoms with Crippen molar-refractivity contribution in [3.63, 3.8) is 0 Å². The molecule has 0 saturated carbocycles. The van der Waals surface area contributed by atoms with Crippen LogP contribution in [-0.2, 0) is 4.74 Å². The van der Waals surface area contributed by atoms with Gasteiger partial charge in [0.05, 0.1) is 31.9 Å². The molecule has 0 amide bonds. The van der Waals surface area contributed by atoms with Gasteiger partial charge in [-0.25, -0.2) is 4.98 Å². The van der Waals surface area contributed by atoms with Crippen LogP contribution in [0.25, 0.3) is 27.3 Å². The number of hydrogen-bond donors (Lipinski definition) is 1. The first-order valence-electron chi connectivity index (χ1n) is 10.9. The molecule has 3 heterocycles. The van der Waals surface area contributed by atoms with E-state index in [2.05, 4.69) is 15.2 Å². The molecule has 9 heteroatoms. The Morgan fingerprint density at radius 3 is 2.76 bits per heavy atom. The third-order valence-electron chi connectivity index (χ3n) is 5.53. The van der Waals surface area contributed by atoms with Gasteiger partial charge >= 0.3 is 0 Å². The molecule has 1 atom stereocenters. The molecule has 1 aromatic carbocycles. The second-order valence-corrected chi connectivity index (χ2v) is 8.58. The Balaban J connectivity index is 1.78. The second-order valence-electron chi connectivity index (χ2n) is 8.20. The summed E-state index contributed by atoms with van der Waals surface area (Å²) >= 11 is 6.65. The Morgan fingerprint density at radius 2 is 2.06 bits per heavy atom. The Kier molecular flexibility index (Phi) is 7.37. The van der Waals surface area contributed by atoms with Gasteiger partial charge < -0.3 is 34.7 Å². The molecule has 3 aromatic rings. The molecule has 0 bridgehead atoms. The molecule has 0 aliphatic carbocycles. The fourth-order valence-electron chi connectivity index (χ4n) is 3.70. The maximum Gasteiger partial charge on any atom is 0.141 e. The van der Waals surface area contributed by atoms with Crippen LogP contribution in [0.15, 0.2) is 30.5 Å². The predicted octanol–water partition coefficient (Wildman–Crippen LogP) is 4.74. The summed E-state index contributed by atoms with van der Waals surface area (Å²) in [6.07, 6.45) is 2.81. The third-order valence-corrected chi connectivity index (χ3v) is 5.92. The number of aromatic nitrogens is 2. The highest BCUT2D eigenvalue weighted by Gasteiger charge is 2.16. The number of ether oxygens (including phenoxy) is 3. The summed E-state index contributed by atoms with van der Waals surface area (Å²) in [5.41, 5.74) is 1.39. The van der Waals surface area contributed by atoms with Crippen LogP contribution in [0.4, 0.5) is 11.6 Å². The van der Waals surface area contributed by atoms with Crippen LogP contribution >= 0.6 is 11.6 Å². The van der Waals surface area contributed by atoms with Crippen LogP contribution in [0.1, 0.15) is 6.42 Å². The number of hydrogen-bond acceptors (Lipinski definition) is 7. The number of anilines is 1. The highest BCUT2D eigenvalue weighted by atomic mass is 35.5. The lowest BCUT2D eigenvalue weighted by Gasteiger charge is -2.23. The maximum absolute atomic E-state index is 6.65. The van der Waals surface area contributed by atoms with Gasteiger partial charge in [0.15, 0.2) is 0 Å². The average Bonchev–Trinajstić information content (AvgIpc) is 3.32. The van der Waals surface area contributed by atoms with E-state index in [4.69, 9.17) is 36.1 Å². The number of methoxy groups -OCH3 is 2. The van der Waals surface area contributed by atoms with Gasteiger partial charge in [0.1, 0.15) is 17.3 Å². The van der Waals surface area contributed by atoms with Crippen molar-refractivity contribution < 1.29 is 14.2 Å². The first kappa shape index (κ1) is 23.4. The molecule has 4 rings (SSSR count). The van der Waals surface area contributed by atoms with E-state index < -0.39 is 0 Å². The molecule has 0 spiro atoms. The van der Waals surface area contributed by atoms with Gasteiger partial charge in [-0.2, -0.15) is 0 Å². The van der Waals surface area contributed by atoms with Crippen molar-refractivity contribution in [2.45, 2.75) is 12.5 Å². The lowest BCUT2D eigenvalue weighted by molar-refractivity contribution is 0.195. The number of benzene rings is 1. The van der Waals surface area contributed by atoms with Gasteiger partial charge in [-0.1, -0.05) is 17.4 Å². The van der Waals surface area contributed by atoms with Gasteiger partial charge in [-0.3, -0.25) is 0 Å². The minimum absolute atomic E-state index is 0.263. The van der Waals surface area contributed by atoms with E-state index in [-0.39, 0.29) is 6.04 Å². The number of fused-ring (bicyclic) bond motifs is 1. The maximum atomic E-state index is 6.65. The number of halogens is 1. The third kappa shape index (κ3) is 5.40. The van der Waals surface area contributed by atoms with Crippen molar-refractivity contribution in [1.82, 2.24) is 14.9 Å². The van der Waals surface area contributed by atoms with Crippen molar-refractivity contribution in [3.05, 3.63) is 40.8 Å². The number of pyridine rings is 2. The van der Waals surface area contributed by atoms with E-state index in [0.717, 1.165) is 36.2 Å². The number of nitrogens with one attached hydrogen (secondary N) is 1. The highest BCUT2D eigenvalue weighted by Crippen LogP contribution is 2.41. The molecule has 1 aliphatic rings. The monoisotopic (exact) mass is 470 g/mol. The van der Waals surface area contributed by atoms with Crippen molar-refractivity contribution >= 4 is 34.0 Å². The zero-order chi connectivity index (χ0) is 23.4. The summed E-state index contributed by atoms with van der Waals surface area (Å²) < 4.78 is 16.3. The molecule has 1 aliphatic heterocycles. The minimum atomic E-state index is 0.263. The van der Waals surface area contributed by atoms with Crippen molar-refractivity contribution in [3.8, 4) is 22.8 Å². The SMILES string of the molecule is COc1cc(OC)c(Cl)c(-c2cc3cnc(NC4CCOC4)cc3c([N-]CCN(C)C)n2)c1. The van der Waals surface area contributed by atoms with Crippen LogP contribution in [0.3, 0.4) is 0 Å². The van der Waals surface area contributed by atoms with E-state index in [1.165, 1.54) is 0 Å². The van der Waals surface area contributed by atoms with Gasteiger partial charge in [0.25, 0.3) is 0 Å². The van der Waals surface area contributed by atoms with E-state index >= 15 is 0 Å². The zero-order valence-corrected chi connectivity index (χ0v) is 20.1. The summed E-state index contributed by atoms with van der Waals surface area (Å²) in [6.45, 7) is 2.89. The fraction of sp³-hybridized carbons (Fsp3) is 0.417. The topological polar surface area (TPSA) is 82.8 Å². The normalized spacial score (nSPS) is 15.8. The lowest BCUT2D eigenvalue weighted by atomic mass is 10.1. The zero-order valence-electron chi connectivity index (χ0n) is 19.4. The molecule has 1 saturated heterocycles. The number of likely N-dealkylation sites (N-methyl/N-ethyl adjacent to an activating group) is 1. The Bertz CT molecular complexity index is 1120. The summed E-state index contributed by atoms with van der Waals surface area (Å²) in [7, 11) is 7.23. The predicted molar refractivity (Wildman–Crippen MR) is 132 cm³/mol. The van der Waals surface area contributed by atoms with Crippen LogP contribution in [0.5, 0.6) is 11.5 Å². The molecule has 33 heavy (non-hydrogen) atoms. The molecular formula is C24H29ClN5O3-. The first-order chi connectivity index (χ1) is 16.0. The van der Waals surface area contributed by atoms with Crippen LogP contribution in [0.2, 0.25) is 5.02 Å². The van der Waals surface area contributed by atoms with Crippen molar-refractivity contribution in [1.29, 1.82) is 0 Å². The van der Waals surface area contributed by atoms with Crippen LogP contribution in [0, 0.1) is 0 Å². The first-order valence-corrected chi connectivity index (χ1v) is 11.3. The summed E-state index contributed by atoms with van der Waals surface area (Å²) in [4.78, 5) is 11.6. The van der Waals surface area contributed by atoms with Crippen molar-refractivity contribution in [2.75, 3.05) is 59.9 Å². The average molecular weight is 471 g/mol. The van der Waals surface area contributed by atoms with Gasteiger partial charge in [0, 0.05) is 29.8 Å². The number of nitrogens with zero attached hydrogens (tertiary/aromatic N) is 4. The molecule has 176 valence electrons. The standard InChI is InChI=1S/C24H29ClN5O3/c1-30(2)7-6-26-24-18-12-22(28-16-5-8-33-14-16)27-13-15(18)9-20(29-24)19-10-17(31-3)11-21(32-4)23(19)25/h9-13,16H,5-8,14H2,1-4H3,(H-,26,27,28,29)/q-1. The van der Waals surface area contributed by atoms with Gasteiger partial charge in [-0.15, -0.1) is 0 Å². The largest absolute Gasteiger partial charge is 0.497 e. The molecule has 1 N–H and O–H groups in total. The molecule has 2 aromatic heterocycles. The number of rotatable bonds is 9. The van der Waals surface area contributed by atoms with Crippen molar-refractivity contribution in [2.24, 2.45) is 0 Å². The molecular weight excluding hydrogens is 442 g/mol. The van der Waals surface area contributed by atoms with Crippen LogP contribution in [-0.4, -0.2) is 75.5 Å². The molecule has 1 fully saturated rings. The van der Waals surface area contributed by atoms with Crippen LogP contribution < -0.4 is 14.8 Å². The lowest BCUT2D eigenvalue weighted by Crippen LogP contribution is -2.19. The quantitative estimate of drug-likeness (QED) is 0.483. The molecule has 1 unspecified atom stereocenters. The van der Waals surface area contributed by atoms with E-state index in [0.29, 0.717) is 46.7 Å². The minimum Gasteiger partial charge on any atom is -0.497 e. The Labute approximate surface area is 199 Å². The molecule has 0 radical (unpaired) electrons. The van der Waals surface area contributed by atoms with E-state index in [1.54, 1.807) is 20.3 Å². The van der Waals surface area contributed by atoms with E-state index in [9.17, 15) is 0 Å². The summed E-state index contributed by atoms with van der Waals surface area (Å²) in [5, 5.41) is 10.6. The second kappa shape index (κ2) is 10.4. The fourth-order valence-corrected chi connectivity index (χ4v) is 3.99. The Morgan fingerprint density at radius 1 is 1.21 bits per heavy atom. The smallest absolute Gasteiger partial charge is 0.141 e.